The van der Waals surface area contributed by atoms with Crippen LogP contribution in [-0.2, 0) is 0 Å². The summed E-state index contributed by atoms with van der Waals surface area (Å²) in [7, 11) is 0. The van der Waals surface area contributed by atoms with Gasteiger partial charge in [-0.2, -0.15) is 0 Å². The second kappa shape index (κ2) is 1.39. The molecule has 0 unspecified atom stereocenters. The highest BCUT2D eigenvalue weighted by Gasteiger charge is 1.99. The third-order valence-corrected chi connectivity index (χ3v) is 0.774. The van der Waals surface area contributed by atoms with Crippen LogP contribution in [0.4, 0.5) is 4.48 Å². The lowest BCUT2D eigenvalue weighted by atomic mass is 10.6. The fraction of sp³-hybridized carbons (Fsp3) is 0.500. The molecule has 0 amide bonds. The summed E-state index contributed by atoms with van der Waals surface area (Å²) in [6.45, 7) is 0.944. The molecule has 0 aromatic heterocycles. The molecule has 0 spiro atoms. The van der Waals surface area contributed by atoms with Gasteiger partial charge in [0.25, 0.3) is 0 Å². The van der Waals surface area contributed by atoms with Gasteiger partial charge in [0.15, 0.2) is 0 Å². The van der Waals surface area contributed by atoms with E-state index in [1.165, 1.54) is 0 Å². The quantitative estimate of drug-likeness (QED) is 0.311. The van der Waals surface area contributed by atoms with Crippen LogP contribution in [0.3, 0.4) is 0 Å². The number of hydrogen-bond acceptors (Lipinski definition) is 1. The van der Waals surface area contributed by atoms with Gasteiger partial charge in [-0.15, -0.1) is 9.60 Å². The molecule has 0 saturated carbocycles. The molecule has 2 heteroatoms. The molecule has 1 heterocycles. The molecule has 0 aliphatic carbocycles. The van der Waals surface area contributed by atoms with Gasteiger partial charge in [-0.1, -0.05) is 12.2 Å². The van der Waals surface area contributed by atoms with Crippen molar-refractivity contribution < 1.29 is 4.48 Å². The van der Waals surface area contributed by atoms with E-state index in [1.807, 2.05) is 0 Å². The molecule has 0 bridgehead atoms. The van der Waals surface area contributed by atoms with Crippen LogP contribution in [0.5, 0.6) is 0 Å². The topological polar surface area (TPSA) is 3.24 Å². The minimum absolute atomic E-state index is 0.472. The summed E-state index contributed by atoms with van der Waals surface area (Å²) >= 11 is 0. The van der Waals surface area contributed by atoms with Gasteiger partial charge in [0, 0.05) is 13.1 Å². The Hall–Kier alpha value is -0.370. The zero-order valence-corrected chi connectivity index (χ0v) is 3.39. The molecule has 0 saturated heterocycles. The lowest BCUT2D eigenvalue weighted by Crippen LogP contribution is -2.05. The van der Waals surface area contributed by atoms with Crippen LogP contribution < -0.4 is 0 Å². The Morgan fingerprint density at radius 1 is 1.33 bits per heavy atom. The van der Waals surface area contributed by atoms with Crippen molar-refractivity contribution in [2.45, 2.75) is 0 Å². The van der Waals surface area contributed by atoms with Crippen molar-refractivity contribution in [1.82, 2.24) is 5.12 Å². The van der Waals surface area contributed by atoms with Crippen LogP contribution in [0.25, 0.3) is 0 Å². The first-order chi connectivity index (χ1) is 2.89. The first kappa shape index (κ1) is 3.81. The van der Waals surface area contributed by atoms with E-state index in [-0.39, 0.29) is 0 Å². The molecule has 6 heavy (non-hydrogen) atoms. The fourth-order valence-electron chi connectivity index (χ4n) is 0.452. The molecular formula is C4H6FN. The molecule has 0 radical (unpaired) electrons. The molecule has 0 aromatic carbocycles. The van der Waals surface area contributed by atoms with Gasteiger partial charge in [0.05, 0.1) is 0 Å². The van der Waals surface area contributed by atoms with Crippen LogP contribution in [0, 0.1) is 0 Å². The normalized spacial score (nSPS) is 22.8. The SMILES string of the molecule is FN1CC=CC1. The van der Waals surface area contributed by atoms with Gasteiger partial charge in [-0.25, -0.2) is 0 Å². The van der Waals surface area contributed by atoms with Crippen molar-refractivity contribution in [3.8, 4) is 0 Å². The maximum absolute atomic E-state index is 11.7. The molecule has 1 nitrogen and oxygen atoms in total. The van der Waals surface area contributed by atoms with Crippen molar-refractivity contribution in [2.24, 2.45) is 0 Å². The Kier molecular flexibility index (Phi) is 0.881. The van der Waals surface area contributed by atoms with E-state index in [0.29, 0.717) is 13.1 Å². The summed E-state index contributed by atoms with van der Waals surface area (Å²) in [4.78, 5) is 0. The summed E-state index contributed by atoms with van der Waals surface area (Å²) in [6.07, 6.45) is 3.61. The lowest BCUT2D eigenvalue weighted by Gasteiger charge is -1.94. The van der Waals surface area contributed by atoms with Crippen molar-refractivity contribution in [2.75, 3.05) is 13.1 Å². The van der Waals surface area contributed by atoms with E-state index < -0.39 is 0 Å². The number of hydrogen-bond donors (Lipinski definition) is 0. The Morgan fingerprint density at radius 3 is 2.00 bits per heavy atom. The van der Waals surface area contributed by atoms with E-state index in [0.717, 1.165) is 5.12 Å². The fourth-order valence-corrected chi connectivity index (χ4v) is 0.452. The highest BCUT2D eigenvalue weighted by atomic mass is 19.2. The summed E-state index contributed by atoms with van der Waals surface area (Å²) in [6, 6.07) is 0. The van der Waals surface area contributed by atoms with E-state index >= 15 is 0 Å². The van der Waals surface area contributed by atoms with Gasteiger partial charge in [0.1, 0.15) is 0 Å². The first-order valence-corrected chi connectivity index (χ1v) is 1.95. The van der Waals surface area contributed by atoms with Crippen molar-refractivity contribution in [3.63, 3.8) is 0 Å². The predicted molar refractivity (Wildman–Crippen MR) is 21.8 cm³/mol. The van der Waals surface area contributed by atoms with E-state index in [2.05, 4.69) is 0 Å². The summed E-state index contributed by atoms with van der Waals surface area (Å²) in [5, 5.41) is 0.750. The Labute approximate surface area is 36.0 Å². The summed E-state index contributed by atoms with van der Waals surface area (Å²) in [5.41, 5.74) is 0. The van der Waals surface area contributed by atoms with Gasteiger partial charge in [0.2, 0.25) is 0 Å². The van der Waals surface area contributed by atoms with Crippen LogP contribution in [0.15, 0.2) is 12.2 Å². The largest absolute Gasteiger partial charge is 0.139 e. The zero-order chi connectivity index (χ0) is 4.41. The Bertz CT molecular complexity index is 61.9. The predicted octanol–water partition coefficient (Wildman–Crippen LogP) is 0.743. The minimum atomic E-state index is 0.472. The highest BCUT2D eigenvalue weighted by molar-refractivity contribution is 4.91. The van der Waals surface area contributed by atoms with Gasteiger partial charge >= 0.3 is 0 Å². The molecule has 0 atom stereocenters. The molecule has 0 fully saturated rings. The first-order valence-electron chi connectivity index (χ1n) is 1.95. The number of halogens is 1. The minimum Gasteiger partial charge on any atom is -0.139 e. The molecular weight excluding hydrogens is 81.0 g/mol. The maximum atomic E-state index is 11.7. The van der Waals surface area contributed by atoms with E-state index in [1.54, 1.807) is 12.2 Å². The van der Waals surface area contributed by atoms with Gasteiger partial charge in [-0.05, 0) is 0 Å². The molecule has 0 aromatic rings. The maximum Gasteiger partial charge on any atom is 0.0475 e. The van der Waals surface area contributed by atoms with Crippen molar-refractivity contribution >= 4 is 0 Å². The van der Waals surface area contributed by atoms with Crippen LogP contribution in [0.1, 0.15) is 0 Å². The summed E-state index contributed by atoms with van der Waals surface area (Å²) in [5.74, 6) is 0. The third kappa shape index (κ3) is 0.571. The average Bonchev–Trinajstić information content (AvgIpc) is 1.86. The smallest absolute Gasteiger partial charge is 0.0475 e. The molecule has 34 valence electrons. The molecule has 1 aliphatic rings. The zero-order valence-electron chi connectivity index (χ0n) is 3.39. The standard InChI is InChI=1S/C4H6FN/c5-6-3-1-2-4-6/h1-2H,3-4H2. The lowest BCUT2D eigenvalue weighted by molar-refractivity contribution is 0.0649. The average molecular weight is 87.1 g/mol. The molecule has 0 N–H and O–H groups in total. The number of nitrogens with zero attached hydrogens (tertiary/aromatic N) is 1. The monoisotopic (exact) mass is 87.0 g/mol. The summed E-state index contributed by atoms with van der Waals surface area (Å²) < 4.78 is 11.7. The second-order valence-electron chi connectivity index (χ2n) is 1.30. The molecule has 1 rings (SSSR count). The number of rotatable bonds is 0. The van der Waals surface area contributed by atoms with Crippen LogP contribution >= 0.6 is 0 Å². The molecule has 1 aliphatic heterocycles. The van der Waals surface area contributed by atoms with Gasteiger partial charge in [-0.3, -0.25) is 0 Å². The van der Waals surface area contributed by atoms with Gasteiger partial charge < -0.3 is 0 Å². The van der Waals surface area contributed by atoms with E-state index in [4.69, 9.17) is 0 Å². The third-order valence-electron chi connectivity index (χ3n) is 0.774. The Balaban J connectivity index is 2.32. The van der Waals surface area contributed by atoms with Crippen molar-refractivity contribution in [1.29, 1.82) is 0 Å². The van der Waals surface area contributed by atoms with Crippen LogP contribution in [0.2, 0.25) is 0 Å². The highest BCUT2D eigenvalue weighted by Crippen LogP contribution is 1.95. The van der Waals surface area contributed by atoms with Crippen LogP contribution in [-0.4, -0.2) is 18.2 Å². The Morgan fingerprint density at radius 2 is 1.83 bits per heavy atom. The van der Waals surface area contributed by atoms with Crippen molar-refractivity contribution in [3.05, 3.63) is 12.2 Å². The van der Waals surface area contributed by atoms with E-state index in [9.17, 15) is 4.48 Å². The second-order valence-corrected chi connectivity index (χ2v) is 1.30.